The summed E-state index contributed by atoms with van der Waals surface area (Å²) in [6.07, 6.45) is 0.399. The fourth-order valence-electron chi connectivity index (χ4n) is 1.88. The van der Waals surface area contributed by atoms with Crippen LogP contribution in [-0.2, 0) is 4.74 Å². The van der Waals surface area contributed by atoms with Gasteiger partial charge in [-0.1, -0.05) is 0 Å². The molecule has 0 unspecified atom stereocenters. The Balaban J connectivity index is 2.33. The summed E-state index contributed by atoms with van der Waals surface area (Å²) in [5.74, 6) is 1.43. The average Bonchev–Trinajstić information content (AvgIpc) is 2.45. The Morgan fingerprint density at radius 3 is 2.52 bits per heavy atom. The zero-order valence-corrected chi connectivity index (χ0v) is 14.7. The van der Waals surface area contributed by atoms with Gasteiger partial charge in [0.1, 0.15) is 5.60 Å². The molecule has 23 heavy (non-hydrogen) atoms. The number of hydrogen-bond acceptors (Lipinski definition) is 5. The van der Waals surface area contributed by atoms with Gasteiger partial charge in [0.25, 0.3) is 0 Å². The third kappa shape index (κ3) is 7.63. The summed E-state index contributed by atoms with van der Waals surface area (Å²) in [5, 5.41) is 6.02. The maximum atomic E-state index is 11.5. The minimum Gasteiger partial charge on any atom is -0.493 e. The Morgan fingerprint density at radius 1 is 1.17 bits per heavy atom. The minimum absolute atomic E-state index is 0.388. The molecule has 0 aliphatic heterocycles. The molecule has 130 valence electrons. The van der Waals surface area contributed by atoms with E-state index in [9.17, 15) is 4.79 Å². The summed E-state index contributed by atoms with van der Waals surface area (Å²) in [6, 6.07) is 5.71. The second kappa shape index (κ2) is 9.12. The van der Waals surface area contributed by atoms with Crippen LogP contribution in [0.5, 0.6) is 11.5 Å². The van der Waals surface area contributed by atoms with Crippen LogP contribution in [0.15, 0.2) is 18.2 Å². The maximum absolute atomic E-state index is 11.5. The van der Waals surface area contributed by atoms with Crippen molar-refractivity contribution >= 4 is 11.8 Å². The molecule has 0 heterocycles. The molecular formula is C17H28N2O4. The van der Waals surface area contributed by atoms with Gasteiger partial charge in [-0.2, -0.15) is 0 Å². The second-order valence-corrected chi connectivity index (χ2v) is 6.01. The molecule has 0 saturated heterocycles. The van der Waals surface area contributed by atoms with Gasteiger partial charge in [-0.05, 0) is 46.2 Å². The normalized spacial score (nSPS) is 10.8. The molecule has 1 aromatic carbocycles. The SMILES string of the molecule is CCOc1cc(NCCCNC(=O)OC(C)(C)C)ccc1OC. The maximum Gasteiger partial charge on any atom is 0.407 e. The lowest BCUT2D eigenvalue weighted by molar-refractivity contribution is 0.0528. The summed E-state index contributed by atoms with van der Waals surface area (Å²) in [5.41, 5.74) is 0.479. The van der Waals surface area contributed by atoms with Gasteiger partial charge in [0.15, 0.2) is 11.5 Å². The van der Waals surface area contributed by atoms with E-state index >= 15 is 0 Å². The number of anilines is 1. The van der Waals surface area contributed by atoms with Crippen molar-refractivity contribution in [2.24, 2.45) is 0 Å². The Morgan fingerprint density at radius 2 is 1.91 bits per heavy atom. The first kappa shape index (κ1) is 18.9. The van der Waals surface area contributed by atoms with Crippen molar-refractivity contribution in [1.82, 2.24) is 5.32 Å². The Labute approximate surface area is 138 Å². The van der Waals surface area contributed by atoms with Crippen molar-refractivity contribution < 1.29 is 19.0 Å². The lowest BCUT2D eigenvalue weighted by atomic mass is 10.2. The molecule has 0 fully saturated rings. The number of nitrogens with one attached hydrogen (secondary N) is 2. The summed E-state index contributed by atoms with van der Waals surface area (Å²) in [4.78, 5) is 11.5. The van der Waals surface area contributed by atoms with Crippen molar-refractivity contribution in [1.29, 1.82) is 0 Å². The molecule has 0 aromatic heterocycles. The van der Waals surface area contributed by atoms with Gasteiger partial charge >= 0.3 is 6.09 Å². The summed E-state index contributed by atoms with van der Waals surface area (Å²) < 4.78 is 16.0. The fraction of sp³-hybridized carbons (Fsp3) is 0.588. The number of hydrogen-bond donors (Lipinski definition) is 2. The van der Waals surface area contributed by atoms with E-state index in [1.165, 1.54) is 0 Å². The van der Waals surface area contributed by atoms with Crippen LogP contribution in [0, 0.1) is 0 Å². The molecule has 6 nitrogen and oxygen atoms in total. The third-order valence-corrected chi connectivity index (χ3v) is 2.81. The van der Waals surface area contributed by atoms with Crippen LogP contribution < -0.4 is 20.1 Å². The molecule has 6 heteroatoms. The van der Waals surface area contributed by atoms with E-state index in [0.717, 1.165) is 18.7 Å². The molecule has 0 aliphatic rings. The van der Waals surface area contributed by atoms with Gasteiger partial charge in [-0.25, -0.2) is 4.79 Å². The first-order valence-corrected chi connectivity index (χ1v) is 7.87. The summed E-state index contributed by atoms with van der Waals surface area (Å²) in [7, 11) is 1.62. The average molecular weight is 324 g/mol. The van der Waals surface area contributed by atoms with Crippen LogP contribution in [0.1, 0.15) is 34.1 Å². The van der Waals surface area contributed by atoms with E-state index in [2.05, 4.69) is 10.6 Å². The quantitative estimate of drug-likeness (QED) is 0.717. The molecular weight excluding hydrogens is 296 g/mol. The monoisotopic (exact) mass is 324 g/mol. The molecule has 1 amide bonds. The lowest BCUT2D eigenvalue weighted by Gasteiger charge is -2.19. The minimum atomic E-state index is -0.471. The molecule has 0 bridgehead atoms. The first-order chi connectivity index (χ1) is 10.9. The van der Waals surface area contributed by atoms with Crippen molar-refractivity contribution in [2.75, 3.05) is 32.1 Å². The van der Waals surface area contributed by atoms with E-state index in [-0.39, 0.29) is 6.09 Å². The van der Waals surface area contributed by atoms with E-state index in [4.69, 9.17) is 14.2 Å². The highest BCUT2D eigenvalue weighted by molar-refractivity contribution is 5.67. The van der Waals surface area contributed by atoms with Crippen molar-refractivity contribution in [3.05, 3.63) is 18.2 Å². The number of ether oxygens (including phenoxy) is 3. The van der Waals surface area contributed by atoms with E-state index in [0.29, 0.717) is 24.7 Å². The summed E-state index contributed by atoms with van der Waals surface area (Å²) in [6.45, 7) is 9.32. The molecule has 0 aliphatic carbocycles. The number of amides is 1. The van der Waals surface area contributed by atoms with Gasteiger partial charge in [0.2, 0.25) is 0 Å². The smallest absolute Gasteiger partial charge is 0.407 e. The molecule has 0 atom stereocenters. The second-order valence-electron chi connectivity index (χ2n) is 6.01. The highest BCUT2D eigenvalue weighted by Crippen LogP contribution is 2.30. The van der Waals surface area contributed by atoms with Crippen LogP contribution in [0.2, 0.25) is 0 Å². The Bertz CT molecular complexity index is 498. The van der Waals surface area contributed by atoms with Gasteiger partial charge < -0.3 is 24.8 Å². The Kier molecular flexibility index (Phi) is 7.51. The van der Waals surface area contributed by atoms with Gasteiger partial charge in [0, 0.05) is 24.8 Å². The van der Waals surface area contributed by atoms with Crippen LogP contribution in [0.3, 0.4) is 0 Å². The standard InChI is InChI=1S/C17H28N2O4/c1-6-22-15-12-13(8-9-14(15)21-5)18-10-7-11-19-16(20)23-17(2,3)4/h8-9,12,18H,6-7,10-11H2,1-5H3,(H,19,20). The molecule has 1 rings (SSSR count). The predicted molar refractivity (Wildman–Crippen MR) is 91.5 cm³/mol. The zero-order valence-electron chi connectivity index (χ0n) is 14.7. The summed E-state index contributed by atoms with van der Waals surface area (Å²) >= 11 is 0. The first-order valence-electron chi connectivity index (χ1n) is 7.87. The van der Waals surface area contributed by atoms with E-state index < -0.39 is 5.60 Å². The van der Waals surface area contributed by atoms with Crippen LogP contribution >= 0.6 is 0 Å². The topological polar surface area (TPSA) is 68.8 Å². The predicted octanol–water partition coefficient (Wildman–Crippen LogP) is 3.42. The number of benzene rings is 1. The lowest BCUT2D eigenvalue weighted by Crippen LogP contribution is -2.33. The van der Waals surface area contributed by atoms with Crippen LogP contribution in [0.4, 0.5) is 10.5 Å². The number of methoxy groups -OCH3 is 1. The van der Waals surface area contributed by atoms with Crippen molar-refractivity contribution in [2.45, 2.75) is 39.7 Å². The molecule has 0 radical (unpaired) electrons. The molecule has 0 saturated carbocycles. The third-order valence-electron chi connectivity index (χ3n) is 2.81. The van der Waals surface area contributed by atoms with Gasteiger partial charge in [-0.3, -0.25) is 0 Å². The van der Waals surface area contributed by atoms with Crippen molar-refractivity contribution in [3.63, 3.8) is 0 Å². The van der Waals surface area contributed by atoms with Gasteiger partial charge in [-0.15, -0.1) is 0 Å². The van der Waals surface area contributed by atoms with Crippen LogP contribution in [-0.4, -0.2) is 38.5 Å². The number of carbonyl (C=O) groups is 1. The van der Waals surface area contributed by atoms with Crippen molar-refractivity contribution in [3.8, 4) is 11.5 Å². The number of carbonyl (C=O) groups excluding carboxylic acids is 1. The van der Waals surface area contributed by atoms with E-state index in [1.54, 1.807) is 7.11 Å². The Hall–Kier alpha value is -2.11. The van der Waals surface area contributed by atoms with Gasteiger partial charge in [0.05, 0.1) is 13.7 Å². The number of alkyl carbamates (subject to hydrolysis) is 1. The number of rotatable bonds is 8. The fourth-order valence-corrected chi connectivity index (χ4v) is 1.88. The molecule has 1 aromatic rings. The zero-order chi connectivity index (χ0) is 17.3. The van der Waals surface area contributed by atoms with Crippen LogP contribution in [0.25, 0.3) is 0 Å². The van der Waals surface area contributed by atoms with E-state index in [1.807, 2.05) is 45.9 Å². The molecule has 0 spiro atoms. The largest absolute Gasteiger partial charge is 0.493 e. The highest BCUT2D eigenvalue weighted by Gasteiger charge is 2.15. The molecule has 2 N–H and O–H groups in total. The highest BCUT2D eigenvalue weighted by atomic mass is 16.6.